The molecule has 0 bridgehead atoms. The molecule has 0 atom stereocenters. The van der Waals surface area contributed by atoms with Crippen molar-refractivity contribution in [3.8, 4) is 0 Å². The van der Waals surface area contributed by atoms with Crippen LogP contribution in [0.5, 0.6) is 0 Å². The molecule has 0 aromatic heterocycles. The van der Waals surface area contributed by atoms with Crippen LogP contribution in [0.15, 0.2) is 0 Å². The lowest BCUT2D eigenvalue weighted by Gasteiger charge is -2.39. The molecule has 5 nitrogen and oxygen atoms in total. The molecule has 0 unspecified atom stereocenters. The molecule has 0 saturated carbocycles. The highest BCUT2D eigenvalue weighted by Crippen LogP contribution is 2.31. The Balaban J connectivity index is 1.79. The van der Waals surface area contributed by atoms with Gasteiger partial charge in [0.2, 0.25) is 5.91 Å². The van der Waals surface area contributed by atoms with Gasteiger partial charge in [-0.25, -0.2) is 0 Å². The molecular weight excluding hydrogens is 254 g/mol. The summed E-state index contributed by atoms with van der Waals surface area (Å²) in [6, 6.07) is 0. The molecule has 20 heavy (non-hydrogen) atoms. The lowest BCUT2D eigenvalue weighted by molar-refractivity contribution is -0.138. The second kappa shape index (κ2) is 6.22. The Labute approximate surface area is 121 Å². The van der Waals surface area contributed by atoms with Gasteiger partial charge >= 0.3 is 0 Å². The van der Waals surface area contributed by atoms with Crippen molar-refractivity contribution in [1.29, 1.82) is 0 Å². The van der Waals surface area contributed by atoms with Gasteiger partial charge in [-0.2, -0.15) is 0 Å². The van der Waals surface area contributed by atoms with Crippen molar-refractivity contribution in [3.63, 3.8) is 0 Å². The van der Waals surface area contributed by atoms with Crippen molar-refractivity contribution < 1.29 is 9.59 Å². The summed E-state index contributed by atoms with van der Waals surface area (Å²) in [5.41, 5.74) is -0.218. The van der Waals surface area contributed by atoms with Gasteiger partial charge in [0, 0.05) is 44.7 Å². The van der Waals surface area contributed by atoms with Crippen LogP contribution in [-0.2, 0) is 9.59 Å². The molecule has 2 saturated heterocycles. The molecule has 2 aliphatic heterocycles. The lowest BCUT2D eigenvalue weighted by atomic mass is 9.77. The predicted molar refractivity (Wildman–Crippen MR) is 78.5 cm³/mol. The van der Waals surface area contributed by atoms with Crippen molar-refractivity contribution in [2.75, 3.05) is 52.9 Å². The average Bonchev–Trinajstić information content (AvgIpc) is 2.42. The first-order valence-corrected chi connectivity index (χ1v) is 7.60. The van der Waals surface area contributed by atoms with E-state index in [-0.39, 0.29) is 17.1 Å². The lowest BCUT2D eigenvalue weighted by Crippen LogP contribution is -2.51. The number of hydrogen-bond donors (Lipinski definition) is 0. The summed E-state index contributed by atoms with van der Waals surface area (Å²) in [4.78, 5) is 30.4. The number of amides is 1. The van der Waals surface area contributed by atoms with Crippen molar-refractivity contribution in [2.45, 2.75) is 26.7 Å². The fourth-order valence-corrected chi connectivity index (χ4v) is 2.90. The monoisotopic (exact) mass is 281 g/mol. The van der Waals surface area contributed by atoms with E-state index in [1.54, 1.807) is 6.92 Å². The van der Waals surface area contributed by atoms with E-state index in [0.717, 1.165) is 52.1 Å². The molecule has 2 aliphatic rings. The Morgan fingerprint density at radius 1 is 1.00 bits per heavy atom. The molecule has 5 heteroatoms. The van der Waals surface area contributed by atoms with Crippen LogP contribution in [0, 0.1) is 5.41 Å². The zero-order valence-corrected chi connectivity index (χ0v) is 13.0. The smallest absolute Gasteiger partial charge is 0.236 e. The largest absolute Gasteiger partial charge is 0.342 e. The molecular formula is C15H27N3O2. The minimum atomic E-state index is -0.218. The van der Waals surface area contributed by atoms with E-state index in [2.05, 4.69) is 16.8 Å². The number of nitrogens with zero attached hydrogens (tertiary/aromatic N) is 3. The van der Waals surface area contributed by atoms with Crippen LogP contribution < -0.4 is 0 Å². The summed E-state index contributed by atoms with van der Waals surface area (Å²) in [5.74, 6) is 0.476. The van der Waals surface area contributed by atoms with Crippen LogP contribution in [0.4, 0.5) is 0 Å². The third-order valence-corrected chi connectivity index (χ3v) is 5.02. The van der Waals surface area contributed by atoms with Crippen LogP contribution in [0.3, 0.4) is 0 Å². The van der Waals surface area contributed by atoms with Gasteiger partial charge in [0.1, 0.15) is 5.78 Å². The summed E-state index contributed by atoms with van der Waals surface area (Å²) in [5, 5.41) is 0. The first-order chi connectivity index (χ1) is 9.40. The van der Waals surface area contributed by atoms with Crippen molar-refractivity contribution >= 4 is 11.7 Å². The third-order valence-electron chi connectivity index (χ3n) is 5.02. The predicted octanol–water partition coefficient (Wildman–Crippen LogP) is 0.452. The number of piperidine rings is 1. The topological polar surface area (TPSA) is 43.9 Å². The molecule has 0 N–H and O–H groups in total. The maximum absolute atomic E-state index is 12.3. The van der Waals surface area contributed by atoms with Crippen LogP contribution in [-0.4, -0.2) is 79.3 Å². The van der Waals surface area contributed by atoms with E-state index in [4.69, 9.17) is 0 Å². The normalized spacial score (nSPS) is 24.6. The molecule has 2 heterocycles. The van der Waals surface area contributed by atoms with E-state index in [0.29, 0.717) is 6.54 Å². The van der Waals surface area contributed by atoms with Crippen molar-refractivity contribution in [2.24, 2.45) is 5.41 Å². The highest BCUT2D eigenvalue weighted by molar-refractivity contribution is 5.83. The Bertz CT molecular complexity index is 367. The average molecular weight is 281 g/mol. The van der Waals surface area contributed by atoms with Gasteiger partial charge in [0.15, 0.2) is 0 Å². The molecule has 0 aromatic carbocycles. The van der Waals surface area contributed by atoms with Gasteiger partial charge in [-0.05, 0) is 26.8 Å². The number of carbonyl (C=O) groups excluding carboxylic acids is 2. The molecule has 2 rings (SSSR count). The van der Waals surface area contributed by atoms with Crippen LogP contribution in [0.1, 0.15) is 26.7 Å². The number of likely N-dealkylation sites (N-methyl/N-ethyl adjacent to an activating group) is 1. The number of carbonyl (C=O) groups is 2. The SMILES string of the molecule is CC(=O)C1(C)CCN(C(=O)CN2CCN(C)CC2)CC1. The summed E-state index contributed by atoms with van der Waals surface area (Å²) >= 11 is 0. The van der Waals surface area contributed by atoms with E-state index in [1.807, 2.05) is 11.8 Å². The number of piperazine rings is 1. The Morgan fingerprint density at radius 2 is 1.55 bits per heavy atom. The quantitative estimate of drug-likeness (QED) is 0.753. The number of ketones is 1. The third kappa shape index (κ3) is 3.58. The highest BCUT2D eigenvalue weighted by Gasteiger charge is 2.35. The first kappa shape index (κ1) is 15.4. The zero-order valence-electron chi connectivity index (χ0n) is 13.0. The molecule has 1 amide bonds. The van der Waals surface area contributed by atoms with E-state index < -0.39 is 0 Å². The number of Topliss-reactive ketones (excluding diaryl/α,β-unsaturated/α-hetero) is 1. The van der Waals surface area contributed by atoms with Gasteiger partial charge in [-0.15, -0.1) is 0 Å². The van der Waals surface area contributed by atoms with Crippen molar-refractivity contribution in [1.82, 2.24) is 14.7 Å². The molecule has 114 valence electrons. The second-order valence-electron chi connectivity index (χ2n) is 6.58. The molecule has 0 radical (unpaired) electrons. The number of rotatable bonds is 3. The fourth-order valence-electron chi connectivity index (χ4n) is 2.90. The minimum Gasteiger partial charge on any atom is -0.342 e. The summed E-state index contributed by atoms with van der Waals surface area (Å²) in [7, 11) is 2.12. The number of likely N-dealkylation sites (tertiary alicyclic amines) is 1. The fraction of sp³-hybridized carbons (Fsp3) is 0.867. The standard InChI is InChI=1S/C15H27N3O2/c1-13(19)15(2)4-6-18(7-5-15)14(20)12-17-10-8-16(3)9-11-17/h4-12H2,1-3H3. The van der Waals surface area contributed by atoms with Gasteiger partial charge in [0.25, 0.3) is 0 Å². The van der Waals surface area contributed by atoms with Crippen LogP contribution >= 0.6 is 0 Å². The Morgan fingerprint density at radius 3 is 2.05 bits per heavy atom. The Hall–Kier alpha value is -0.940. The molecule has 0 aromatic rings. The summed E-state index contributed by atoms with van der Waals surface area (Å²) in [6.07, 6.45) is 1.60. The summed E-state index contributed by atoms with van der Waals surface area (Å²) < 4.78 is 0. The molecule has 2 fully saturated rings. The second-order valence-corrected chi connectivity index (χ2v) is 6.58. The van der Waals surface area contributed by atoms with E-state index in [9.17, 15) is 9.59 Å². The summed E-state index contributed by atoms with van der Waals surface area (Å²) in [6.45, 7) is 9.70. The maximum Gasteiger partial charge on any atom is 0.236 e. The highest BCUT2D eigenvalue weighted by atomic mass is 16.2. The van der Waals surface area contributed by atoms with Crippen LogP contribution in [0.2, 0.25) is 0 Å². The van der Waals surface area contributed by atoms with Crippen molar-refractivity contribution in [3.05, 3.63) is 0 Å². The van der Waals surface area contributed by atoms with Gasteiger partial charge in [-0.3, -0.25) is 14.5 Å². The minimum absolute atomic E-state index is 0.218. The molecule has 0 spiro atoms. The van der Waals surface area contributed by atoms with Gasteiger partial charge in [0.05, 0.1) is 6.54 Å². The Kier molecular flexibility index (Phi) is 4.81. The van der Waals surface area contributed by atoms with E-state index in [1.165, 1.54) is 0 Å². The van der Waals surface area contributed by atoms with Gasteiger partial charge < -0.3 is 9.80 Å². The first-order valence-electron chi connectivity index (χ1n) is 7.60. The number of hydrogen-bond acceptors (Lipinski definition) is 4. The zero-order chi connectivity index (χ0) is 14.8. The maximum atomic E-state index is 12.3. The van der Waals surface area contributed by atoms with Gasteiger partial charge in [-0.1, -0.05) is 6.92 Å². The molecule has 0 aliphatic carbocycles. The van der Waals surface area contributed by atoms with Crippen LogP contribution in [0.25, 0.3) is 0 Å². The van der Waals surface area contributed by atoms with E-state index >= 15 is 0 Å².